The number of halogens is 1. The molecule has 21 heavy (non-hydrogen) atoms. The van der Waals surface area contributed by atoms with Crippen LogP contribution in [0.1, 0.15) is 24.9 Å². The van der Waals surface area contributed by atoms with Gasteiger partial charge >= 0.3 is 0 Å². The highest BCUT2D eigenvalue weighted by Gasteiger charge is 2.14. The van der Waals surface area contributed by atoms with E-state index in [0.29, 0.717) is 13.2 Å². The van der Waals surface area contributed by atoms with Gasteiger partial charge in [0.1, 0.15) is 13.2 Å². The van der Waals surface area contributed by atoms with E-state index < -0.39 is 0 Å². The van der Waals surface area contributed by atoms with Gasteiger partial charge in [-0.05, 0) is 36.2 Å². The van der Waals surface area contributed by atoms with Crippen molar-refractivity contribution in [2.24, 2.45) is 0 Å². The van der Waals surface area contributed by atoms with Crippen LogP contribution < -0.4 is 14.8 Å². The summed E-state index contributed by atoms with van der Waals surface area (Å²) in [5.41, 5.74) is 2.25. The summed E-state index contributed by atoms with van der Waals surface area (Å²) in [4.78, 5) is 0. The Morgan fingerprint density at radius 1 is 1.05 bits per heavy atom. The number of nitrogens with one attached hydrogen (secondary N) is 1. The van der Waals surface area contributed by atoms with Crippen LogP contribution in [0.4, 0.5) is 5.69 Å². The highest BCUT2D eigenvalue weighted by atomic mass is 35.5. The summed E-state index contributed by atoms with van der Waals surface area (Å²) in [6.07, 6.45) is 0.982. The minimum Gasteiger partial charge on any atom is -0.486 e. The Morgan fingerprint density at radius 2 is 1.76 bits per heavy atom. The average molecular weight is 304 g/mol. The fourth-order valence-electron chi connectivity index (χ4n) is 2.45. The molecule has 1 heterocycles. The second-order valence-corrected chi connectivity index (χ2v) is 5.45. The third kappa shape index (κ3) is 3.24. The van der Waals surface area contributed by atoms with Gasteiger partial charge in [0, 0.05) is 16.8 Å². The molecule has 0 amide bonds. The van der Waals surface area contributed by atoms with Gasteiger partial charge in [0.05, 0.1) is 6.04 Å². The molecule has 0 fully saturated rings. The minimum absolute atomic E-state index is 0.241. The maximum absolute atomic E-state index is 5.95. The molecule has 0 saturated carbocycles. The molecule has 2 aromatic rings. The number of fused-ring (bicyclic) bond motifs is 1. The van der Waals surface area contributed by atoms with Crippen LogP contribution in [0.15, 0.2) is 42.5 Å². The summed E-state index contributed by atoms with van der Waals surface area (Å²) in [5.74, 6) is 1.61. The highest BCUT2D eigenvalue weighted by Crippen LogP contribution is 2.34. The topological polar surface area (TPSA) is 30.5 Å². The largest absolute Gasteiger partial charge is 0.486 e. The first-order chi connectivity index (χ1) is 10.3. The Morgan fingerprint density at radius 3 is 2.48 bits per heavy atom. The Labute approximate surface area is 129 Å². The minimum atomic E-state index is 0.241. The van der Waals surface area contributed by atoms with Gasteiger partial charge < -0.3 is 14.8 Å². The summed E-state index contributed by atoms with van der Waals surface area (Å²) >= 11 is 5.95. The molecule has 0 saturated heterocycles. The lowest BCUT2D eigenvalue weighted by Crippen LogP contribution is -2.16. The molecule has 0 bridgehead atoms. The van der Waals surface area contributed by atoms with Gasteiger partial charge in [0.25, 0.3) is 0 Å². The Kier molecular flexibility index (Phi) is 4.20. The van der Waals surface area contributed by atoms with Crippen molar-refractivity contribution < 1.29 is 9.47 Å². The van der Waals surface area contributed by atoms with Gasteiger partial charge in [0.15, 0.2) is 11.5 Å². The van der Waals surface area contributed by atoms with E-state index in [1.54, 1.807) is 0 Å². The highest BCUT2D eigenvalue weighted by molar-refractivity contribution is 6.30. The van der Waals surface area contributed by atoms with E-state index in [4.69, 9.17) is 21.1 Å². The molecule has 1 unspecified atom stereocenters. The lowest BCUT2D eigenvalue weighted by Gasteiger charge is -2.22. The molecule has 0 aliphatic carbocycles. The van der Waals surface area contributed by atoms with E-state index in [9.17, 15) is 0 Å². The molecular formula is C17H18ClNO2. The second-order valence-electron chi connectivity index (χ2n) is 5.02. The maximum Gasteiger partial charge on any atom is 0.163 e. The Balaban J connectivity index is 1.79. The monoisotopic (exact) mass is 303 g/mol. The zero-order valence-corrected chi connectivity index (χ0v) is 12.7. The van der Waals surface area contributed by atoms with Gasteiger partial charge in [-0.3, -0.25) is 0 Å². The third-order valence-corrected chi connectivity index (χ3v) is 3.82. The summed E-state index contributed by atoms with van der Waals surface area (Å²) < 4.78 is 11.2. The fourth-order valence-corrected chi connectivity index (χ4v) is 2.58. The molecule has 3 rings (SSSR count). The van der Waals surface area contributed by atoms with Crippen LogP contribution in [0.2, 0.25) is 5.02 Å². The van der Waals surface area contributed by atoms with Gasteiger partial charge in [0.2, 0.25) is 0 Å². The molecule has 110 valence electrons. The number of anilines is 1. The first-order valence-electron chi connectivity index (χ1n) is 7.18. The maximum atomic E-state index is 5.95. The van der Waals surface area contributed by atoms with Crippen molar-refractivity contribution in [3.05, 3.63) is 53.1 Å². The van der Waals surface area contributed by atoms with Gasteiger partial charge in [-0.2, -0.15) is 0 Å². The summed E-state index contributed by atoms with van der Waals surface area (Å²) in [5, 5.41) is 4.29. The molecule has 1 N–H and O–H groups in total. The Hall–Kier alpha value is -1.87. The van der Waals surface area contributed by atoms with Gasteiger partial charge in [-0.25, -0.2) is 0 Å². The van der Waals surface area contributed by atoms with Crippen LogP contribution in [0, 0.1) is 0 Å². The molecule has 4 heteroatoms. The molecule has 1 atom stereocenters. The molecule has 0 spiro atoms. The lowest BCUT2D eigenvalue weighted by atomic mass is 10.0. The van der Waals surface area contributed by atoms with Crippen molar-refractivity contribution in [2.45, 2.75) is 19.4 Å². The third-order valence-electron chi connectivity index (χ3n) is 3.56. The van der Waals surface area contributed by atoms with Crippen LogP contribution in [0.5, 0.6) is 11.5 Å². The van der Waals surface area contributed by atoms with E-state index in [-0.39, 0.29) is 6.04 Å². The Bertz CT molecular complexity index is 613. The second kappa shape index (κ2) is 6.27. The van der Waals surface area contributed by atoms with E-state index in [0.717, 1.165) is 28.6 Å². The van der Waals surface area contributed by atoms with Gasteiger partial charge in [-0.15, -0.1) is 0 Å². The first kappa shape index (κ1) is 14.1. The number of hydrogen-bond donors (Lipinski definition) is 1. The smallest absolute Gasteiger partial charge is 0.163 e. The zero-order chi connectivity index (χ0) is 14.7. The molecular weight excluding hydrogens is 286 g/mol. The van der Waals surface area contributed by atoms with E-state index in [1.165, 1.54) is 5.56 Å². The van der Waals surface area contributed by atoms with Crippen LogP contribution >= 0.6 is 11.6 Å². The van der Waals surface area contributed by atoms with Crippen molar-refractivity contribution in [3.8, 4) is 11.5 Å². The molecule has 1 aliphatic heterocycles. The predicted molar refractivity (Wildman–Crippen MR) is 85.5 cm³/mol. The van der Waals surface area contributed by atoms with E-state index in [1.807, 2.05) is 30.3 Å². The van der Waals surface area contributed by atoms with E-state index >= 15 is 0 Å². The van der Waals surface area contributed by atoms with Crippen molar-refractivity contribution in [1.82, 2.24) is 0 Å². The number of ether oxygens (including phenoxy) is 2. The SMILES string of the molecule is CCC(Nc1ccc2c(c1)OCCO2)c1ccc(Cl)cc1. The van der Waals surface area contributed by atoms with Crippen LogP contribution in [-0.4, -0.2) is 13.2 Å². The van der Waals surface area contributed by atoms with Gasteiger partial charge in [-0.1, -0.05) is 30.7 Å². The number of benzene rings is 2. The standard InChI is InChI=1S/C17H18ClNO2/c1-2-15(12-3-5-13(18)6-4-12)19-14-7-8-16-17(11-14)21-10-9-20-16/h3-8,11,15,19H,2,9-10H2,1H3. The predicted octanol–water partition coefficient (Wildman–Crippen LogP) is 4.67. The summed E-state index contributed by atoms with van der Waals surface area (Å²) in [6, 6.07) is 14.2. The summed E-state index contributed by atoms with van der Waals surface area (Å²) in [6.45, 7) is 3.37. The van der Waals surface area contributed by atoms with Crippen molar-refractivity contribution in [3.63, 3.8) is 0 Å². The van der Waals surface area contributed by atoms with Crippen LogP contribution in [0.25, 0.3) is 0 Å². The first-order valence-corrected chi connectivity index (χ1v) is 7.55. The lowest BCUT2D eigenvalue weighted by molar-refractivity contribution is 0.171. The average Bonchev–Trinajstić information content (AvgIpc) is 2.53. The van der Waals surface area contributed by atoms with Crippen molar-refractivity contribution >= 4 is 17.3 Å². The van der Waals surface area contributed by atoms with Crippen LogP contribution in [0.3, 0.4) is 0 Å². The molecule has 3 nitrogen and oxygen atoms in total. The zero-order valence-electron chi connectivity index (χ0n) is 11.9. The van der Waals surface area contributed by atoms with Crippen LogP contribution in [-0.2, 0) is 0 Å². The summed E-state index contributed by atoms with van der Waals surface area (Å²) in [7, 11) is 0. The van der Waals surface area contributed by atoms with E-state index in [2.05, 4.69) is 24.4 Å². The molecule has 0 aromatic heterocycles. The van der Waals surface area contributed by atoms with Crippen molar-refractivity contribution in [2.75, 3.05) is 18.5 Å². The van der Waals surface area contributed by atoms with Crippen molar-refractivity contribution in [1.29, 1.82) is 0 Å². The number of rotatable bonds is 4. The quantitative estimate of drug-likeness (QED) is 0.890. The number of hydrogen-bond acceptors (Lipinski definition) is 3. The molecule has 1 aliphatic rings. The fraction of sp³-hybridized carbons (Fsp3) is 0.294. The normalized spacial score (nSPS) is 14.6. The molecule has 2 aromatic carbocycles. The molecule has 0 radical (unpaired) electrons.